The molecule has 1 aromatic rings. The van der Waals surface area contributed by atoms with Crippen LogP contribution in [0.5, 0.6) is 0 Å². The number of likely N-dealkylation sites (tertiary alicyclic amines) is 1. The SMILES string of the molecule is CN(CCN1CCC(N)CC1)Cc1cccc(Cl)c1. The highest BCUT2D eigenvalue weighted by Gasteiger charge is 2.15. The van der Waals surface area contributed by atoms with Crippen molar-refractivity contribution < 1.29 is 0 Å². The Bertz CT molecular complexity index is 389. The van der Waals surface area contributed by atoms with Crippen LogP contribution in [0.1, 0.15) is 18.4 Å². The predicted octanol–water partition coefficient (Wildman–Crippen LogP) is 2.19. The third-order valence-electron chi connectivity index (χ3n) is 3.77. The summed E-state index contributed by atoms with van der Waals surface area (Å²) in [7, 11) is 2.16. The molecule has 1 heterocycles. The molecular formula is C15H24ClN3. The topological polar surface area (TPSA) is 32.5 Å². The first-order chi connectivity index (χ1) is 9.13. The van der Waals surface area contributed by atoms with E-state index in [1.165, 1.54) is 5.56 Å². The molecule has 1 saturated heterocycles. The molecule has 0 aromatic heterocycles. The lowest BCUT2D eigenvalue weighted by molar-refractivity contribution is 0.183. The lowest BCUT2D eigenvalue weighted by Gasteiger charge is -2.31. The van der Waals surface area contributed by atoms with Gasteiger partial charge in [-0.25, -0.2) is 0 Å². The largest absolute Gasteiger partial charge is 0.328 e. The summed E-state index contributed by atoms with van der Waals surface area (Å²) in [6.45, 7) is 5.46. The lowest BCUT2D eigenvalue weighted by Crippen LogP contribution is -2.42. The van der Waals surface area contributed by atoms with Gasteiger partial charge in [0.05, 0.1) is 0 Å². The Hall–Kier alpha value is -0.610. The van der Waals surface area contributed by atoms with Crippen LogP contribution in [0.4, 0.5) is 0 Å². The smallest absolute Gasteiger partial charge is 0.0409 e. The zero-order valence-electron chi connectivity index (χ0n) is 11.7. The quantitative estimate of drug-likeness (QED) is 0.898. The molecular weight excluding hydrogens is 258 g/mol. The molecule has 0 radical (unpaired) electrons. The second-order valence-corrected chi connectivity index (χ2v) is 5.98. The first-order valence-corrected chi connectivity index (χ1v) is 7.42. The van der Waals surface area contributed by atoms with Crippen LogP contribution in [0.25, 0.3) is 0 Å². The molecule has 0 atom stereocenters. The number of nitrogens with zero attached hydrogens (tertiary/aromatic N) is 2. The monoisotopic (exact) mass is 281 g/mol. The number of likely N-dealkylation sites (N-methyl/N-ethyl adjacent to an activating group) is 1. The van der Waals surface area contributed by atoms with Gasteiger partial charge in [0.1, 0.15) is 0 Å². The first kappa shape index (κ1) is 14.8. The predicted molar refractivity (Wildman–Crippen MR) is 81.4 cm³/mol. The molecule has 1 fully saturated rings. The van der Waals surface area contributed by atoms with E-state index in [1.54, 1.807) is 0 Å². The van der Waals surface area contributed by atoms with Gasteiger partial charge in [-0.2, -0.15) is 0 Å². The van der Waals surface area contributed by atoms with Crippen molar-refractivity contribution in [1.82, 2.24) is 9.80 Å². The van der Waals surface area contributed by atoms with Gasteiger partial charge in [-0.3, -0.25) is 0 Å². The second kappa shape index (κ2) is 7.25. The van der Waals surface area contributed by atoms with Crippen LogP contribution >= 0.6 is 11.6 Å². The molecule has 0 saturated carbocycles. The fraction of sp³-hybridized carbons (Fsp3) is 0.600. The van der Waals surface area contributed by atoms with E-state index in [9.17, 15) is 0 Å². The summed E-state index contributed by atoms with van der Waals surface area (Å²) in [5.74, 6) is 0. The van der Waals surface area contributed by atoms with Crippen molar-refractivity contribution in [1.29, 1.82) is 0 Å². The highest BCUT2D eigenvalue weighted by molar-refractivity contribution is 6.30. The lowest BCUT2D eigenvalue weighted by atomic mass is 10.1. The Morgan fingerprint density at radius 1 is 1.37 bits per heavy atom. The highest BCUT2D eigenvalue weighted by atomic mass is 35.5. The van der Waals surface area contributed by atoms with Gasteiger partial charge >= 0.3 is 0 Å². The maximum Gasteiger partial charge on any atom is 0.0409 e. The summed E-state index contributed by atoms with van der Waals surface area (Å²) < 4.78 is 0. The molecule has 0 bridgehead atoms. The summed E-state index contributed by atoms with van der Waals surface area (Å²) in [6.07, 6.45) is 2.27. The van der Waals surface area contributed by atoms with Crippen LogP contribution in [0, 0.1) is 0 Å². The van der Waals surface area contributed by atoms with Crippen LogP contribution in [0.3, 0.4) is 0 Å². The molecule has 0 unspecified atom stereocenters. The number of hydrogen-bond acceptors (Lipinski definition) is 3. The van der Waals surface area contributed by atoms with Crippen molar-refractivity contribution in [2.45, 2.75) is 25.4 Å². The highest BCUT2D eigenvalue weighted by Crippen LogP contribution is 2.12. The van der Waals surface area contributed by atoms with Crippen LogP contribution < -0.4 is 5.73 Å². The Morgan fingerprint density at radius 3 is 2.79 bits per heavy atom. The van der Waals surface area contributed by atoms with Gasteiger partial charge < -0.3 is 15.5 Å². The second-order valence-electron chi connectivity index (χ2n) is 5.55. The van der Waals surface area contributed by atoms with E-state index in [0.29, 0.717) is 6.04 Å². The van der Waals surface area contributed by atoms with Crippen LogP contribution in [0.15, 0.2) is 24.3 Å². The minimum atomic E-state index is 0.417. The van der Waals surface area contributed by atoms with E-state index in [4.69, 9.17) is 17.3 Å². The molecule has 4 heteroatoms. The molecule has 1 aliphatic rings. The first-order valence-electron chi connectivity index (χ1n) is 7.04. The maximum absolute atomic E-state index is 6.00. The van der Waals surface area contributed by atoms with E-state index < -0.39 is 0 Å². The summed E-state index contributed by atoms with van der Waals surface area (Å²) >= 11 is 6.00. The van der Waals surface area contributed by atoms with Crippen LogP contribution in [-0.2, 0) is 6.54 Å². The molecule has 2 N–H and O–H groups in total. The van der Waals surface area contributed by atoms with E-state index in [2.05, 4.69) is 22.9 Å². The third-order valence-corrected chi connectivity index (χ3v) is 4.01. The van der Waals surface area contributed by atoms with E-state index in [-0.39, 0.29) is 0 Å². The van der Waals surface area contributed by atoms with Crippen molar-refractivity contribution in [3.8, 4) is 0 Å². The van der Waals surface area contributed by atoms with Gasteiger partial charge in [0.2, 0.25) is 0 Å². The molecule has 0 aliphatic carbocycles. The molecule has 19 heavy (non-hydrogen) atoms. The molecule has 3 nitrogen and oxygen atoms in total. The average Bonchev–Trinajstić information content (AvgIpc) is 2.38. The number of piperidine rings is 1. The summed E-state index contributed by atoms with van der Waals surface area (Å²) in [5.41, 5.74) is 7.19. The van der Waals surface area contributed by atoms with Gasteiger partial charge in [-0.1, -0.05) is 23.7 Å². The van der Waals surface area contributed by atoms with Crippen molar-refractivity contribution >= 4 is 11.6 Å². The zero-order valence-corrected chi connectivity index (χ0v) is 12.4. The molecule has 106 valence electrons. The minimum Gasteiger partial charge on any atom is -0.328 e. The van der Waals surface area contributed by atoms with Gasteiger partial charge in [0.25, 0.3) is 0 Å². The summed E-state index contributed by atoms with van der Waals surface area (Å²) in [4.78, 5) is 4.86. The van der Waals surface area contributed by atoms with E-state index in [1.807, 2.05) is 18.2 Å². The van der Waals surface area contributed by atoms with Crippen molar-refractivity contribution in [2.24, 2.45) is 5.73 Å². The molecule has 1 aliphatic heterocycles. The van der Waals surface area contributed by atoms with Crippen molar-refractivity contribution in [2.75, 3.05) is 33.2 Å². The number of hydrogen-bond donors (Lipinski definition) is 1. The third kappa shape index (κ3) is 5.11. The zero-order chi connectivity index (χ0) is 13.7. The Labute approximate surface area is 121 Å². The standard InChI is InChI=1S/C15H24ClN3/c1-18(12-13-3-2-4-14(16)11-13)9-10-19-7-5-15(17)6-8-19/h2-4,11,15H,5-10,12,17H2,1H3. The van der Waals surface area contributed by atoms with Gasteiger partial charge in [-0.05, 0) is 50.7 Å². The van der Waals surface area contributed by atoms with E-state index in [0.717, 1.165) is 50.6 Å². The normalized spacial score (nSPS) is 18.1. The van der Waals surface area contributed by atoms with Crippen LogP contribution in [-0.4, -0.2) is 49.1 Å². The number of benzene rings is 1. The molecule has 0 amide bonds. The average molecular weight is 282 g/mol. The fourth-order valence-corrected chi connectivity index (χ4v) is 2.73. The Balaban J connectivity index is 1.71. The number of rotatable bonds is 5. The van der Waals surface area contributed by atoms with Gasteiger partial charge in [0.15, 0.2) is 0 Å². The van der Waals surface area contributed by atoms with E-state index >= 15 is 0 Å². The van der Waals surface area contributed by atoms with Gasteiger partial charge in [0, 0.05) is 30.7 Å². The van der Waals surface area contributed by atoms with Crippen molar-refractivity contribution in [3.63, 3.8) is 0 Å². The molecule has 0 spiro atoms. The number of nitrogens with two attached hydrogens (primary N) is 1. The molecule has 2 rings (SSSR count). The fourth-order valence-electron chi connectivity index (χ4n) is 2.51. The Kier molecular flexibility index (Phi) is 5.64. The van der Waals surface area contributed by atoms with Gasteiger partial charge in [-0.15, -0.1) is 0 Å². The summed E-state index contributed by atoms with van der Waals surface area (Å²) in [5, 5.41) is 0.816. The van der Waals surface area contributed by atoms with Crippen molar-refractivity contribution in [3.05, 3.63) is 34.9 Å². The maximum atomic E-state index is 6.00. The number of halogens is 1. The minimum absolute atomic E-state index is 0.417. The summed E-state index contributed by atoms with van der Waals surface area (Å²) in [6, 6.07) is 8.51. The molecule has 1 aromatic carbocycles. The Morgan fingerprint density at radius 2 is 2.11 bits per heavy atom. The van der Waals surface area contributed by atoms with Crippen LogP contribution in [0.2, 0.25) is 5.02 Å².